The molecule has 1 saturated heterocycles. The Balaban J connectivity index is 1.97. The second kappa shape index (κ2) is 7.31. The van der Waals surface area contributed by atoms with Gasteiger partial charge in [-0.2, -0.15) is 4.98 Å². The first-order chi connectivity index (χ1) is 10.8. The lowest BCUT2D eigenvalue weighted by Gasteiger charge is -2.37. The lowest BCUT2D eigenvalue weighted by molar-refractivity contribution is -0.0565. The van der Waals surface area contributed by atoms with Crippen LogP contribution in [0.3, 0.4) is 0 Å². The third-order valence-corrected chi connectivity index (χ3v) is 3.49. The van der Waals surface area contributed by atoms with Crippen LogP contribution in [0.5, 0.6) is 5.88 Å². The van der Waals surface area contributed by atoms with Gasteiger partial charge in [0.15, 0.2) is 5.15 Å². The predicted octanol–water partition coefficient (Wildman–Crippen LogP) is 2.53. The zero-order valence-corrected chi connectivity index (χ0v) is 14.5. The first-order valence-electron chi connectivity index (χ1n) is 7.43. The summed E-state index contributed by atoms with van der Waals surface area (Å²) < 4.78 is 16.7. The molecule has 0 aliphatic carbocycles. The number of carbonyl (C=O) groups excluding carboxylic acids is 1. The second-order valence-corrected chi connectivity index (χ2v) is 6.71. The van der Waals surface area contributed by atoms with Crippen LogP contribution in [0.2, 0.25) is 5.15 Å². The number of aromatic nitrogens is 2. The highest BCUT2D eigenvalue weighted by Crippen LogP contribution is 2.21. The molecule has 7 nitrogen and oxygen atoms in total. The summed E-state index contributed by atoms with van der Waals surface area (Å²) in [5.41, 5.74) is -0.524. The number of hydrogen-bond donors (Lipinski definition) is 0. The first kappa shape index (κ1) is 17.7. The lowest BCUT2D eigenvalue weighted by atomic mass is 10.1. The Morgan fingerprint density at radius 3 is 2.70 bits per heavy atom. The van der Waals surface area contributed by atoms with Crippen molar-refractivity contribution in [2.24, 2.45) is 0 Å². The molecule has 0 N–H and O–H groups in total. The highest BCUT2D eigenvalue weighted by Gasteiger charge is 2.35. The van der Waals surface area contributed by atoms with Gasteiger partial charge in [-0.3, -0.25) is 4.98 Å². The summed E-state index contributed by atoms with van der Waals surface area (Å²) in [5.74, 6) is 0.343. The summed E-state index contributed by atoms with van der Waals surface area (Å²) in [7, 11) is 1.59. The molecule has 2 rings (SSSR count). The minimum atomic E-state index is -0.524. The van der Waals surface area contributed by atoms with Crippen LogP contribution in [0.15, 0.2) is 12.4 Å². The zero-order valence-electron chi connectivity index (χ0n) is 13.8. The monoisotopic (exact) mass is 343 g/mol. The van der Waals surface area contributed by atoms with E-state index in [0.29, 0.717) is 25.4 Å². The van der Waals surface area contributed by atoms with E-state index in [0.717, 1.165) is 0 Å². The summed E-state index contributed by atoms with van der Waals surface area (Å²) >= 11 is 5.80. The van der Waals surface area contributed by atoms with Crippen molar-refractivity contribution in [2.75, 3.05) is 20.2 Å². The Kier molecular flexibility index (Phi) is 5.64. The molecular weight excluding hydrogens is 322 g/mol. The molecule has 0 radical (unpaired) electrons. The number of piperidine rings is 1. The molecule has 1 aliphatic rings. The summed E-state index contributed by atoms with van der Waals surface area (Å²) in [4.78, 5) is 21.8. The van der Waals surface area contributed by atoms with E-state index >= 15 is 0 Å². The predicted molar refractivity (Wildman–Crippen MR) is 84.7 cm³/mol. The molecule has 128 valence electrons. The van der Waals surface area contributed by atoms with Crippen molar-refractivity contribution in [3.05, 3.63) is 17.5 Å². The van der Waals surface area contributed by atoms with E-state index in [1.165, 1.54) is 12.4 Å². The van der Waals surface area contributed by atoms with Crippen molar-refractivity contribution in [3.63, 3.8) is 0 Å². The Morgan fingerprint density at radius 1 is 1.35 bits per heavy atom. The maximum absolute atomic E-state index is 12.2. The number of amides is 1. The van der Waals surface area contributed by atoms with E-state index in [1.54, 1.807) is 12.0 Å². The number of carbonyl (C=O) groups is 1. The van der Waals surface area contributed by atoms with E-state index in [2.05, 4.69) is 9.97 Å². The van der Waals surface area contributed by atoms with Gasteiger partial charge in [0.05, 0.1) is 18.9 Å². The van der Waals surface area contributed by atoms with Gasteiger partial charge in [0, 0.05) is 20.1 Å². The van der Waals surface area contributed by atoms with E-state index in [4.69, 9.17) is 25.8 Å². The Labute approximate surface area is 140 Å². The second-order valence-electron chi connectivity index (χ2n) is 6.33. The maximum atomic E-state index is 12.2. The van der Waals surface area contributed by atoms with Crippen molar-refractivity contribution < 1.29 is 19.0 Å². The fourth-order valence-electron chi connectivity index (χ4n) is 2.29. The lowest BCUT2D eigenvalue weighted by Crippen LogP contribution is -2.52. The molecule has 1 fully saturated rings. The number of likely N-dealkylation sites (tertiary alicyclic amines) is 1. The van der Waals surface area contributed by atoms with Crippen LogP contribution in [0.1, 0.15) is 27.2 Å². The van der Waals surface area contributed by atoms with Gasteiger partial charge in [-0.05, 0) is 20.8 Å². The van der Waals surface area contributed by atoms with Crippen LogP contribution in [0.25, 0.3) is 0 Å². The average Bonchev–Trinajstić information content (AvgIpc) is 2.46. The SMILES string of the molecule is CO[C@H]1CN(C(=O)OC(C)(C)C)CC[C@H]1Oc1cncc(Cl)n1. The van der Waals surface area contributed by atoms with Crippen molar-refractivity contribution >= 4 is 17.7 Å². The zero-order chi connectivity index (χ0) is 17.0. The smallest absolute Gasteiger partial charge is 0.410 e. The van der Waals surface area contributed by atoms with Crippen LogP contribution in [-0.4, -0.2) is 59.0 Å². The summed E-state index contributed by atoms with van der Waals surface area (Å²) in [5, 5.41) is 0.266. The van der Waals surface area contributed by atoms with Gasteiger partial charge in [-0.1, -0.05) is 11.6 Å². The highest BCUT2D eigenvalue weighted by molar-refractivity contribution is 6.29. The molecule has 1 amide bonds. The minimum Gasteiger partial charge on any atom is -0.470 e. The van der Waals surface area contributed by atoms with Crippen molar-refractivity contribution in [2.45, 2.75) is 45.0 Å². The van der Waals surface area contributed by atoms with Crippen LogP contribution in [-0.2, 0) is 9.47 Å². The van der Waals surface area contributed by atoms with Crippen LogP contribution in [0.4, 0.5) is 4.79 Å². The Hall–Kier alpha value is -1.60. The summed E-state index contributed by atoms with van der Waals surface area (Å²) in [6, 6.07) is 0. The molecule has 1 aromatic rings. The topological polar surface area (TPSA) is 73.8 Å². The highest BCUT2D eigenvalue weighted by atomic mass is 35.5. The molecule has 0 saturated carbocycles. The molecule has 2 heterocycles. The molecule has 1 aromatic heterocycles. The van der Waals surface area contributed by atoms with Gasteiger partial charge >= 0.3 is 6.09 Å². The largest absolute Gasteiger partial charge is 0.470 e. The quantitative estimate of drug-likeness (QED) is 0.839. The van der Waals surface area contributed by atoms with E-state index in [1.807, 2.05) is 20.8 Å². The number of methoxy groups -OCH3 is 1. The van der Waals surface area contributed by atoms with Crippen molar-refractivity contribution in [3.8, 4) is 5.88 Å². The number of hydrogen-bond acceptors (Lipinski definition) is 6. The third kappa shape index (κ3) is 5.21. The molecule has 0 bridgehead atoms. The molecule has 23 heavy (non-hydrogen) atoms. The minimum absolute atomic E-state index is 0.230. The van der Waals surface area contributed by atoms with Gasteiger partial charge in [0.25, 0.3) is 0 Å². The van der Waals surface area contributed by atoms with Crippen LogP contribution < -0.4 is 4.74 Å². The fourth-order valence-corrected chi connectivity index (χ4v) is 2.43. The summed E-state index contributed by atoms with van der Waals surface area (Å²) in [6.07, 6.45) is 2.68. The Morgan fingerprint density at radius 2 is 2.09 bits per heavy atom. The third-order valence-electron chi connectivity index (χ3n) is 3.31. The number of halogens is 1. The number of ether oxygens (including phenoxy) is 3. The van der Waals surface area contributed by atoms with Crippen LogP contribution in [0, 0.1) is 0 Å². The van der Waals surface area contributed by atoms with E-state index in [-0.39, 0.29) is 23.5 Å². The molecular formula is C15H22ClN3O4. The number of nitrogens with zero attached hydrogens (tertiary/aromatic N) is 3. The normalized spacial score (nSPS) is 21.9. The van der Waals surface area contributed by atoms with E-state index in [9.17, 15) is 4.79 Å². The molecule has 0 aromatic carbocycles. The van der Waals surface area contributed by atoms with Gasteiger partial charge in [-0.15, -0.1) is 0 Å². The molecule has 8 heteroatoms. The average molecular weight is 344 g/mol. The fraction of sp³-hybridized carbons (Fsp3) is 0.667. The molecule has 2 atom stereocenters. The molecule has 1 aliphatic heterocycles. The standard InChI is InChI=1S/C15H22ClN3O4/c1-15(2,3)23-14(20)19-6-5-10(11(9-19)21-4)22-13-8-17-7-12(16)18-13/h7-8,10-11H,5-6,9H2,1-4H3/t10-,11+/m1/s1. The maximum Gasteiger partial charge on any atom is 0.410 e. The summed E-state index contributed by atoms with van der Waals surface area (Å²) in [6.45, 7) is 6.43. The van der Waals surface area contributed by atoms with Crippen molar-refractivity contribution in [1.82, 2.24) is 14.9 Å². The van der Waals surface area contributed by atoms with Gasteiger partial charge in [-0.25, -0.2) is 4.79 Å². The number of rotatable bonds is 3. The van der Waals surface area contributed by atoms with Gasteiger partial charge < -0.3 is 19.1 Å². The van der Waals surface area contributed by atoms with Gasteiger partial charge in [0.2, 0.25) is 5.88 Å². The first-order valence-corrected chi connectivity index (χ1v) is 7.81. The van der Waals surface area contributed by atoms with Gasteiger partial charge in [0.1, 0.15) is 17.8 Å². The molecule has 0 unspecified atom stereocenters. The molecule has 0 spiro atoms. The van der Waals surface area contributed by atoms with Crippen molar-refractivity contribution in [1.29, 1.82) is 0 Å². The Bertz CT molecular complexity index is 550. The van der Waals surface area contributed by atoms with E-state index < -0.39 is 5.60 Å². The van der Waals surface area contributed by atoms with Crippen LogP contribution >= 0.6 is 11.6 Å².